The van der Waals surface area contributed by atoms with Crippen LogP contribution in [0.1, 0.15) is 52.4 Å². The van der Waals surface area contributed by atoms with Crippen LogP contribution in [0, 0.1) is 5.41 Å². The van der Waals surface area contributed by atoms with Gasteiger partial charge in [0.05, 0.1) is 0 Å². The van der Waals surface area contributed by atoms with Crippen LogP contribution in [0.15, 0.2) is 5.16 Å². The average molecular weight is 241 g/mol. The molecule has 4 N–H and O–H groups in total. The van der Waals surface area contributed by atoms with Gasteiger partial charge in [-0.25, -0.2) is 0 Å². The molecule has 1 aliphatic carbocycles. The number of nitrogens with two attached hydrogens (primary N) is 1. The molecule has 0 saturated heterocycles. The first-order chi connectivity index (χ1) is 8.01. The molecule has 0 aliphatic heterocycles. The fourth-order valence-electron chi connectivity index (χ4n) is 2.33. The molecule has 1 rings (SSSR count). The van der Waals surface area contributed by atoms with E-state index in [9.17, 15) is 4.79 Å². The fourth-order valence-corrected chi connectivity index (χ4v) is 2.33. The molecule has 0 heterocycles. The SMILES string of the molecule is CCC(CC(N)=NO)NC(=O)C1(C)CCCC1. The Morgan fingerprint density at radius 1 is 1.53 bits per heavy atom. The highest BCUT2D eigenvalue weighted by atomic mass is 16.4. The molecule has 0 spiro atoms. The Labute approximate surface area is 102 Å². The third-order valence-corrected chi connectivity index (χ3v) is 3.67. The van der Waals surface area contributed by atoms with Crippen molar-refractivity contribution < 1.29 is 10.0 Å². The Morgan fingerprint density at radius 2 is 2.12 bits per heavy atom. The molecule has 0 bridgehead atoms. The summed E-state index contributed by atoms with van der Waals surface area (Å²) in [7, 11) is 0. The van der Waals surface area contributed by atoms with Crippen LogP contribution >= 0.6 is 0 Å². The van der Waals surface area contributed by atoms with Gasteiger partial charge in [0.25, 0.3) is 0 Å². The normalized spacial score (nSPS) is 21.2. The van der Waals surface area contributed by atoms with E-state index in [0.717, 1.165) is 32.1 Å². The molecule has 0 aromatic rings. The quantitative estimate of drug-likeness (QED) is 0.296. The molecule has 0 aromatic heterocycles. The third kappa shape index (κ3) is 3.61. The number of amidine groups is 1. The van der Waals surface area contributed by atoms with Crippen molar-refractivity contribution >= 4 is 11.7 Å². The largest absolute Gasteiger partial charge is 0.409 e. The molecule has 1 aliphatic rings. The van der Waals surface area contributed by atoms with E-state index in [1.807, 2.05) is 13.8 Å². The van der Waals surface area contributed by atoms with Crippen LogP contribution in [0.3, 0.4) is 0 Å². The predicted molar refractivity (Wildman–Crippen MR) is 66.8 cm³/mol. The van der Waals surface area contributed by atoms with E-state index in [1.54, 1.807) is 0 Å². The second kappa shape index (κ2) is 5.89. The third-order valence-electron chi connectivity index (χ3n) is 3.67. The zero-order valence-corrected chi connectivity index (χ0v) is 10.7. The van der Waals surface area contributed by atoms with Crippen molar-refractivity contribution in [3.63, 3.8) is 0 Å². The molecule has 5 nitrogen and oxygen atoms in total. The molecular weight excluding hydrogens is 218 g/mol. The van der Waals surface area contributed by atoms with Crippen molar-refractivity contribution in [2.24, 2.45) is 16.3 Å². The summed E-state index contributed by atoms with van der Waals surface area (Å²) in [5.74, 6) is 0.265. The van der Waals surface area contributed by atoms with Crippen LogP contribution in [-0.2, 0) is 4.79 Å². The maximum Gasteiger partial charge on any atom is 0.226 e. The first-order valence-corrected chi connectivity index (χ1v) is 6.29. The lowest BCUT2D eigenvalue weighted by molar-refractivity contribution is -0.130. The van der Waals surface area contributed by atoms with E-state index in [1.165, 1.54) is 0 Å². The first-order valence-electron chi connectivity index (χ1n) is 6.29. The van der Waals surface area contributed by atoms with Crippen molar-refractivity contribution in [2.45, 2.75) is 58.4 Å². The Bertz CT molecular complexity index is 296. The summed E-state index contributed by atoms with van der Waals surface area (Å²) in [6.07, 6.45) is 5.34. The van der Waals surface area contributed by atoms with Gasteiger partial charge in [-0.15, -0.1) is 0 Å². The zero-order valence-electron chi connectivity index (χ0n) is 10.7. The maximum atomic E-state index is 12.2. The lowest BCUT2D eigenvalue weighted by atomic mass is 9.87. The lowest BCUT2D eigenvalue weighted by Gasteiger charge is -2.26. The van der Waals surface area contributed by atoms with Crippen LogP contribution in [0.4, 0.5) is 0 Å². The molecule has 1 amide bonds. The molecule has 0 aromatic carbocycles. The monoisotopic (exact) mass is 241 g/mol. The van der Waals surface area contributed by atoms with Crippen molar-refractivity contribution in [3.05, 3.63) is 0 Å². The van der Waals surface area contributed by atoms with Crippen molar-refractivity contribution in [3.8, 4) is 0 Å². The highest BCUT2D eigenvalue weighted by Crippen LogP contribution is 2.37. The Morgan fingerprint density at radius 3 is 2.59 bits per heavy atom. The molecule has 1 unspecified atom stereocenters. The van der Waals surface area contributed by atoms with E-state index in [0.29, 0.717) is 6.42 Å². The summed E-state index contributed by atoms with van der Waals surface area (Å²) < 4.78 is 0. The predicted octanol–water partition coefficient (Wildman–Crippen LogP) is 1.60. The Kier molecular flexibility index (Phi) is 4.78. The smallest absolute Gasteiger partial charge is 0.226 e. The van der Waals surface area contributed by atoms with Gasteiger partial charge in [-0.1, -0.05) is 31.8 Å². The molecule has 17 heavy (non-hydrogen) atoms. The summed E-state index contributed by atoms with van der Waals surface area (Å²) in [5.41, 5.74) is 5.24. The number of rotatable bonds is 5. The number of hydrogen-bond acceptors (Lipinski definition) is 3. The number of nitrogens with one attached hydrogen (secondary N) is 1. The molecular formula is C12H23N3O2. The highest BCUT2D eigenvalue weighted by Gasteiger charge is 2.36. The van der Waals surface area contributed by atoms with Gasteiger partial charge >= 0.3 is 0 Å². The number of amides is 1. The molecule has 1 saturated carbocycles. The van der Waals surface area contributed by atoms with Crippen LogP contribution in [0.5, 0.6) is 0 Å². The number of carbonyl (C=O) groups is 1. The van der Waals surface area contributed by atoms with Gasteiger partial charge in [0.1, 0.15) is 5.84 Å². The van der Waals surface area contributed by atoms with Crippen LogP contribution in [0.2, 0.25) is 0 Å². The highest BCUT2D eigenvalue weighted by molar-refractivity contribution is 5.84. The van der Waals surface area contributed by atoms with Gasteiger partial charge in [-0.05, 0) is 19.3 Å². The number of nitrogens with zero attached hydrogens (tertiary/aromatic N) is 1. The van der Waals surface area contributed by atoms with Gasteiger partial charge in [0.2, 0.25) is 5.91 Å². The van der Waals surface area contributed by atoms with E-state index in [-0.39, 0.29) is 23.2 Å². The van der Waals surface area contributed by atoms with Gasteiger partial charge < -0.3 is 16.3 Å². The topological polar surface area (TPSA) is 87.7 Å². The number of hydrogen-bond donors (Lipinski definition) is 3. The van der Waals surface area contributed by atoms with Crippen molar-refractivity contribution in [1.29, 1.82) is 0 Å². The van der Waals surface area contributed by atoms with E-state index in [2.05, 4.69) is 10.5 Å². The summed E-state index contributed by atoms with van der Waals surface area (Å²) in [6, 6.07) is -0.0455. The van der Waals surface area contributed by atoms with E-state index < -0.39 is 0 Å². The van der Waals surface area contributed by atoms with Gasteiger partial charge in [-0.3, -0.25) is 4.79 Å². The number of carbonyl (C=O) groups excluding carboxylic acids is 1. The molecule has 1 fully saturated rings. The Hall–Kier alpha value is -1.26. The second-order valence-electron chi connectivity index (χ2n) is 5.14. The zero-order chi connectivity index (χ0) is 12.9. The van der Waals surface area contributed by atoms with Crippen LogP contribution in [-0.4, -0.2) is 23.0 Å². The minimum atomic E-state index is -0.224. The maximum absolute atomic E-state index is 12.2. The second-order valence-corrected chi connectivity index (χ2v) is 5.14. The molecule has 98 valence electrons. The lowest BCUT2D eigenvalue weighted by Crippen LogP contribution is -2.44. The molecule has 0 radical (unpaired) electrons. The summed E-state index contributed by atoms with van der Waals surface area (Å²) >= 11 is 0. The fraction of sp³-hybridized carbons (Fsp3) is 0.833. The van der Waals surface area contributed by atoms with Crippen molar-refractivity contribution in [2.75, 3.05) is 0 Å². The van der Waals surface area contributed by atoms with E-state index >= 15 is 0 Å². The van der Waals surface area contributed by atoms with Crippen molar-refractivity contribution in [1.82, 2.24) is 5.32 Å². The molecule has 1 atom stereocenters. The van der Waals surface area contributed by atoms with Gasteiger partial charge in [-0.2, -0.15) is 0 Å². The average Bonchev–Trinajstić information content (AvgIpc) is 2.76. The minimum Gasteiger partial charge on any atom is -0.409 e. The minimum absolute atomic E-state index is 0.0455. The Balaban J connectivity index is 2.53. The number of oxime groups is 1. The van der Waals surface area contributed by atoms with E-state index in [4.69, 9.17) is 10.9 Å². The van der Waals surface area contributed by atoms with Gasteiger partial charge in [0.15, 0.2) is 0 Å². The first kappa shape index (κ1) is 13.8. The standard InChI is InChI=1S/C12H23N3O2/c1-3-9(8-10(13)15-17)14-11(16)12(2)6-4-5-7-12/h9,17H,3-8H2,1-2H3,(H2,13,15)(H,14,16). The summed E-state index contributed by atoms with van der Waals surface area (Å²) in [5, 5.41) is 14.5. The summed E-state index contributed by atoms with van der Waals surface area (Å²) in [4.78, 5) is 12.2. The summed E-state index contributed by atoms with van der Waals surface area (Å²) in [6.45, 7) is 4.00. The van der Waals surface area contributed by atoms with Gasteiger partial charge in [0, 0.05) is 17.9 Å². The molecule has 5 heteroatoms. The van der Waals surface area contributed by atoms with Crippen LogP contribution in [0.25, 0.3) is 0 Å². The van der Waals surface area contributed by atoms with Crippen LogP contribution < -0.4 is 11.1 Å².